The molecule has 1 amide bonds. The summed E-state index contributed by atoms with van der Waals surface area (Å²) < 4.78 is 37.3. The maximum Gasteiger partial charge on any atom is 0.358 e. The Labute approximate surface area is 230 Å². The first-order valence-corrected chi connectivity index (χ1v) is 15.9. The van der Waals surface area contributed by atoms with Crippen LogP contribution in [-0.4, -0.2) is 70.3 Å². The summed E-state index contributed by atoms with van der Waals surface area (Å²) in [6.45, 7) is 6.55. The van der Waals surface area contributed by atoms with Gasteiger partial charge >= 0.3 is 11.9 Å². The van der Waals surface area contributed by atoms with E-state index in [1.807, 2.05) is 6.92 Å². The zero-order valence-corrected chi connectivity index (χ0v) is 24.2. The predicted octanol–water partition coefficient (Wildman–Crippen LogP) is 2.69. The highest BCUT2D eigenvalue weighted by molar-refractivity contribution is 7.91. The van der Waals surface area contributed by atoms with Gasteiger partial charge in [-0.05, 0) is 26.7 Å². The minimum atomic E-state index is -3.61. The molecule has 212 valence electrons. The number of imidazole rings is 1. The molecular formula is C26H33N3O8S2. The van der Waals surface area contributed by atoms with Gasteiger partial charge < -0.3 is 19.5 Å². The van der Waals surface area contributed by atoms with Crippen molar-refractivity contribution in [2.24, 2.45) is 17.8 Å². The highest BCUT2D eigenvalue weighted by Gasteiger charge is 2.60. The van der Waals surface area contributed by atoms with Gasteiger partial charge in [-0.1, -0.05) is 26.2 Å². The second kappa shape index (κ2) is 10.0. The zero-order valence-electron chi connectivity index (χ0n) is 22.5. The van der Waals surface area contributed by atoms with Crippen LogP contribution in [0.2, 0.25) is 0 Å². The number of nitrogens with zero attached hydrogens (tertiary/aromatic N) is 3. The van der Waals surface area contributed by atoms with Crippen LogP contribution in [0.1, 0.15) is 63.6 Å². The average molecular weight is 580 g/mol. The molecule has 1 saturated carbocycles. The highest BCUT2D eigenvalue weighted by atomic mass is 32.2. The molecule has 1 N–H and O–H groups in total. The quantitative estimate of drug-likeness (QED) is 0.297. The lowest BCUT2D eigenvalue weighted by Crippen LogP contribution is -2.63. The van der Waals surface area contributed by atoms with Gasteiger partial charge in [-0.15, -0.1) is 11.3 Å². The monoisotopic (exact) mass is 579 g/mol. The lowest BCUT2D eigenvalue weighted by molar-refractivity contribution is -0.188. The minimum Gasteiger partial charge on any atom is -0.425 e. The molecule has 2 aliphatic heterocycles. The fourth-order valence-electron chi connectivity index (χ4n) is 6.07. The Kier molecular flexibility index (Phi) is 7.13. The number of aryl methyl sites for hydroxylation is 1. The molecule has 4 heterocycles. The molecule has 1 aliphatic carbocycles. The number of fused-ring (bicyclic) bond motifs is 2. The highest BCUT2D eigenvalue weighted by Crippen LogP contribution is 2.52. The molecule has 11 nitrogen and oxygen atoms in total. The molecule has 5 rings (SSSR count). The van der Waals surface area contributed by atoms with E-state index < -0.39 is 52.0 Å². The number of carbonyl (C=O) groups excluding carboxylic acids is 3. The van der Waals surface area contributed by atoms with Crippen LogP contribution in [-0.2, 0) is 33.7 Å². The second-order valence-electron chi connectivity index (χ2n) is 10.8. The normalized spacial score (nSPS) is 25.4. The van der Waals surface area contributed by atoms with Crippen LogP contribution in [0, 0.1) is 24.7 Å². The van der Waals surface area contributed by atoms with Crippen molar-refractivity contribution in [1.82, 2.24) is 14.3 Å². The minimum absolute atomic E-state index is 0.0194. The van der Waals surface area contributed by atoms with E-state index in [1.54, 1.807) is 17.5 Å². The van der Waals surface area contributed by atoms with Crippen LogP contribution in [0.5, 0.6) is 0 Å². The summed E-state index contributed by atoms with van der Waals surface area (Å²) in [7, 11) is -3.61. The van der Waals surface area contributed by atoms with E-state index in [2.05, 4.69) is 4.98 Å². The summed E-state index contributed by atoms with van der Waals surface area (Å²) in [6, 6.07) is -0.467. The van der Waals surface area contributed by atoms with Crippen molar-refractivity contribution in [2.75, 3.05) is 6.26 Å². The third-order valence-corrected chi connectivity index (χ3v) is 10.2. The number of sulfone groups is 1. The SMILES string of the molecule is Cc1nc(S(C)(=O)=O)c2sc(C3=C(C(=O)OC(C)OC(=O)C4CCCCC4)N4C(=O)[C@H]([C@@H](C)O)[C@H]4[C@H]3C)cn12. The van der Waals surface area contributed by atoms with Crippen LogP contribution in [0.15, 0.2) is 16.9 Å². The Morgan fingerprint density at radius 2 is 1.85 bits per heavy atom. The molecule has 1 unspecified atom stereocenters. The van der Waals surface area contributed by atoms with Crippen LogP contribution in [0.4, 0.5) is 0 Å². The van der Waals surface area contributed by atoms with Crippen LogP contribution >= 0.6 is 11.3 Å². The van der Waals surface area contributed by atoms with E-state index in [0.717, 1.165) is 49.7 Å². The Bertz CT molecular complexity index is 1480. The molecule has 5 atom stereocenters. The van der Waals surface area contributed by atoms with Crippen LogP contribution in [0.25, 0.3) is 10.4 Å². The third kappa shape index (κ3) is 4.67. The number of amides is 1. The number of β-lactam (4-membered cyclic amide) rings is 1. The number of aromatic nitrogens is 2. The first kappa shape index (κ1) is 27.8. The summed E-state index contributed by atoms with van der Waals surface area (Å²) in [5.41, 5.74) is 0.533. The predicted molar refractivity (Wildman–Crippen MR) is 141 cm³/mol. The second-order valence-corrected chi connectivity index (χ2v) is 13.7. The number of carbonyl (C=O) groups is 3. The molecule has 0 spiro atoms. The number of hydrogen-bond donors (Lipinski definition) is 1. The van der Waals surface area contributed by atoms with Gasteiger partial charge in [-0.3, -0.25) is 14.0 Å². The largest absolute Gasteiger partial charge is 0.425 e. The fourth-order valence-corrected chi connectivity index (χ4v) is 8.54. The molecule has 1 saturated heterocycles. The first-order chi connectivity index (χ1) is 18.3. The fraction of sp³-hybridized carbons (Fsp3) is 0.615. The molecule has 13 heteroatoms. The Morgan fingerprint density at radius 1 is 1.18 bits per heavy atom. The van der Waals surface area contributed by atoms with Gasteiger partial charge in [0.2, 0.25) is 12.2 Å². The van der Waals surface area contributed by atoms with Gasteiger partial charge in [0.15, 0.2) is 14.9 Å². The summed E-state index contributed by atoms with van der Waals surface area (Å²) in [4.78, 5) is 45.8. The summed E-state index contributed by atoms with van der Waals surface area (Å²) >= 11 is 1.15. The Hall–Kier alpha value is -2.77. The molecule has 2 aromatic heterocycles. The summed E-state index contributed by atoms with van der Waals surface area (Å²) in [6.07, 6.45) is 5.18. The number of ether oxygens (including phenoxy) is 2. The van der Waals surface area contributed by atoms with E-state index in [4.69, 9.17) is 9.47 Å². The van der Waals surface area contributed by atoms with Gasteiger partial charge in [0, 0.05) is 30.9 Å². The maximum atomic E-state index is 13.6. The Balaban J connectivity index is 1.50. The van der Waals surface area contributed by atoms with Crippen molar-refractivity contribution < 1.29 is 37.4 Å². The van der Waals surface area contributed by atoms with E-state index in [-0.39, 0.29) is 22.6 Å². The lowest BCUT2D eigenvalue weighted by Gasteiger charge is -2.46. The average Bonchev–Trinajstić information content (AvgIpc) is 3.48. The molecule has 0 bridgehead atoms. The summed E-state index contributed by atoms with van der Waals surface area (Å²) in [5, 5.41) is 10.2. The van der Waals surface area contributed by atoms with Crippen LogP contribution in [0.3, 0.4) is 0 Å². The van der Waals surface area contributed by atoms with Crippen LogP contribution < -0.4 is 0 Å². The van der Waals surface area contributed by atoms with Gasteiger partial charge in [-0.2, -0.15) is 0 Å². The molecule has 0 radical (unpaired) electrons. The van der Waals surface area contributed by atoms with Gasteiger partial charge in [0.05, 0.1) is 28.9 Å². The van der Waals surface area contributed by atoms with Gasteiger partial charge in [0.1, 0.15) is 16.4 Å². The smallest absolute Gasteiger partial charge is 0.358 e. The number of hydrogen-bond acceptors (Lipinski definition) is 10. The number of rotatable bonds is 7. The van der Waals surface area contributed by atoms with Crippen molar-refractivity contribution in [3.63, 3.8) is 0 Å². The molecule has 39 heavy (non-hydrogen) atoms. The molecule has 2 fully saturated rings. The molecule has 2 aromatic rings. The van der Waals surface area contributed by atoms with Crippen molar-refractivity contribution in [1.29, 1.82) is 0 Å². The van der Waals surface area contributed by atoms with Gasteiger partial charge in [-0.25, -0.2) is 18.2 Å². The lowest BCUT2D eigenvalue weighted by atomic mass is 9.77. The standard InChI is InChI=1S/C26H33N3O8S2/c1-12-18(17-11-28-14(3)27-22(24(28)38-17)39(5,34)35)21(29-20(12)19(13(2)30)23(29)31)26(33)37-15(4)36-25(32)16-9-7-6-8-10-16/h11-13,15-16,19-20,30H,6-10H2,1-5H3/t12-,13+,15?,19+,20+/m0/s1. The number of aliphatic hydroxyl groups is 1. The topological polar surface area (TPSA) is 145 Å². The molecular weight excluding hydrogens is 546 g/mol. The molecule has 0 aromatic carbocycles. The zero-order chi connectivity index (χ0) is 28.4. The van der Waals surface area contributed by atoms with Crippen molar-refractivity contribution in [2.45, 2.75) is 83.3 Å². The van der Waals surface area contributed by atoms with E-state index in [9.17, 15) is 27.9 Å². The van der Waals surface area contributed by atoms with Gasteiger partial charge in [0.25, 0.3) is 0 Å². The maximum absolute atomic E-state index is 13.6. The van der Waals surface area contributed by atoms with E-state index in [0.29, 0.717) is 21.1 Å². The van der Waals surface area contributed by atoms with Crippen molar-refractivity contribution >= 4 is 49.4 Å². The van der Waals surface area contributed by atoms with Crippen molar-refractivity contribution in [3.05, 3.63) is 22.6 Å². The van der Waals surface area contributed by atoms with E-state index >= 15 is 0 Å². The molecule has 3 aliphatic rings. The number of thiazole rings is 1. The Morgan fingerprint density at radius 3 is 2.46 bits per heavy atom. The third-order valence-electron chi connectivity index (χ3n) is 7.94. The van der Waals surface area contributed by atoms with Crippen molar-refractivity contribution in [3.8, 4) is 0 Å². The number of aliphatic hydroxyl groups excluding tert-OH is 1. The van der Waals surface area contributed by atoms with E-state index in [1.165, 1.54) is 18.7 Å². The summed E-state index contributed by atoms with van der Waals surface area (Å²) in [5.74, 6) is -2.42. The number of esters is 2. The first-order valence-electron chi connectivity index (χ1n) is 13.2.